The van der Waals surface area contributed by atoms with Crippen LogP contribution in [-0.2, 0) is 0 Å². The predicted octanol–water partition coefficient (Wildman–Crippen LogP) is -0.648. The monoisotopic (exact) mass is 144 g/mol. The van der Waals surface area contributed by atoms with Crippen molar-refractivity contribution in [1.82, 2.24) is 9.97 Å². The SMILES string of the molecule is O=c1[nH]cc(S)c(=O)[nH]1. The highest BCUT2D eigenvalue weighted by molar-refractivity contribution is 7.80. The summed E-state index contributed by atoms with van der Waals surface area (Å²) in [5.74, 6) is 0. The maximum atomic E-state index is 10.5. The highest BCUT2D eigenvalue weighted by atomic mass is 32.1. The first-order valence-electron chi connectivity index (χ1n) is 2.21. The fraction of sp³-hybridized carbons (Fsp3) is 0. The first-order valence-corrected chi connectivity index (χ1v) is 2.66. The zero-order valence-corrected chi connectivity index (χ0v) is 5.24. The minimum Gasteiger partial charge on any atom is -0.313 e. The highest BCUT2D eigenvalue weighted by Crippen LogP contribution is 1.87. The smallest absolute Gasteiger partial charge is 0.313 e. The van der Waals surface area contributed by atoms with Gasteiger partial charge in [0.1, 0.15) is 0 Å². The average molecular weight is 144 g/mol. The lowest BCUT2D eigenvalue weighted by atomic mass is 10.7. The van der Waals surface area contributed by atoms with Crippen molar-refractivity contribution in [2.75, 3.05) is 0 Å². The molecule has 0 saturated heterocycles. The summed E-state index contributed by atoms with van der Waals surface area (Å²) < 4.78 is 0. The van der Waals surface area contributed by atoms with Crippen molar-refractivity contribution in [1.29, 1.82) is 0 Å². The van der Waals surface area contributed by atoms with Crippen LogP contribution in [0.5, 0.6) is 0 Å². The van der Waals surface area contributed by atoms with Gasteiger partial charge in [0.05, 0.1) is 4.90 Å². The second-order valence-electron chi connectivity index (χ2n) is 1.46. The molecule has 0 fully saturated rings. The minimum atomic E-state index is -0.516. The van der Waals surface area contributed by atoms with Crippen LogP contribution >= 0.6 is 12.6 Å². The Bertz CT molecular complexity index is 313. The Balaban J connectivity index is 3.52. The fourth-order valence-electron chi connectivity index (χ4n) is 0.403. The number of hydrogen-bond donors (Lipinski definition) is 3. The summed E-state index contributed by atoms with van der Waals surface area (Å²) in [5.41, 5.74) is -0.986. The molecule has 0 radical (unpaired) electrons. The topological polar surface area (TPSA) is 65.7 Å². The van der Waals surface area contributed by atoms with E-state index in [-0.39, 0.29) is 4.90 Å². The van der Waals surface area contributed by atoms with Gasteiger partial charge >= 0.3 is 5.69 Å². The maximum Gasteiger partial charge on any atom is 0.325 e. The second kappa shape index (κ2) is 2.10. The van der Waals surface area contributed by atoms with Crippen molar-refractivity contribution in [2.24, 2.45) is 0 Å². The second-order valence-corrected chi connectivity index (χ2v) is 1.94. The molecular weight excluding hydrogens is 140 g/mol. The van der Waals surface area contributed by atoms with Gasteiger partial charge in [0.2, 0.25) is 0 Å². The largest absolute Gasteiger partial charge is 0.325 e. The van der Waals surface area contributed by atoms with E-state index in [2.05, 4.69) is 17.6 Å². The molecule has 1 aromatic rings. The van der Waals surface area contributed by atoms with Crippen LogP contribution < -0.4 is 11.2 Å². The van der Waals surface area contributed by atoms with E-state index in [1.54, 1.807) is 0 Å². The van der Waals surface area contributed by atoms with Gasteiger partial charge in [0.25, 0.3) is 5.56 Å². The van der Waals surface area contributed by atoms with E-state index in [0.29, 0.717) is 0 Å². The van der Waals surface area contributed by atoms with E-state index < -0.39 is 11.2 Å². The van der Waals surface area contributed by atoms with Gasteiger partial charge in [-0.15, -0.1) is 12.6 Å². The van der Waals surface area contributed by atoms with Crippen molar-refractivity contribution < 1.29 is 0 Å². The fourth-order valence-corrected chi connectivity index (χ4v) is 0.523. The van der Waals surface area contributed by atoms with Crippen LogP contribution in [0.25, 0.3) is 0 Å². The molecule has 0 aliphatic rings. The Labute approximate surface area is 55.3 Å². The maximum absolute atomic E-state index is 10.5. The van der Waals surface area contributed by atoms with Gasteiger partial charge < -0.3 is 4.98 Å². The molecule has 0 unspecified atom stereocenters. The Morgan fingerprint density at radius 2 is 2.11 bits per heavy atom. The predicted molar refractivity (Wildman–Crippen MR) is 34.9 cm³/mol. The molecule has 1 aromatic heterocycles. The third-order valence-electron chi connectivity index (χ3n) is 0.800. The molecule has 0 spiro atoms. The zero-order valence-electron chi connectivity index (χ0n) is 4.34. The van der Waals surface area contributed by atoms with Crippen LogP contribution in [0.4, 0.5) is 0 Å². The van der Waals surface area contributed by atoms with Gasteiger partial charge in [-0.05, 0) is 0 Å². The summed E-state index contributed by atoms with van der Waals surface area (Å²) in [6.45, 7) is 0. The zero-order chi connectivity index (χ0) is 6.85. The van der Waals surface area contributed by atoms with Crippen LogP contribution in [0.2, 0.25) is 0 Å². The summed E-state index contributed by atoms with van der Waals surface area (Å²) in [5, 5.41) is 0. The molecular formula is C4H4N2O2S. The van der Waals surface area contributed by atoms with Crippen molar-refractivity contribution in [3.63, 3.8) is 0 Å². The molecule has 0 aliphatic carbocycles. The normalized spacial score (nSPS) is 9.44. The Kier molecular flexibility index (Phi) is 1.44. The van der Waals surface area contributed by atoms with E-state index >= 15 is 0 Å². The van der Waals surface area contributed by atoms with Gasteiger partial charge in [0, 0.05) is 6.20 Å². The van der Waals surface area contributed by atoms with E-state index in [1.165, 1.54) is 6.20 Å². The van der Waals surface area contributed by atoms with Gasteiger partial charge in [-0.3, -0.25) is 9.78 Å². The van der Waals surface area contributed by atoms with E-state index in [9.17, 15) is 9.59 Å². The summed E-state index contributed by atoms with van der Waals surface area (Å²) >= 11 is 3.73. The molecule has 5 heteroatoms. The average Bonchev–Trinajstić information content (AvgIpc) is 1.80. The highest BCUT2D eigenvalue weighted by Gasteiger charge is 1.89. The van der Waals surface area contributed by atoms with Crippen LogP contribution in [0.1, 0.15) is 0 Å². The molecule has 0 bridgehead atoms. The summed E-state index contributed by atoms with van der Waals surface area (Å²) in [6.07, 6.45) is 1.24. The molecule has 0 aromatic carbocycles. The van der Waals surface area contributed by atoms with E-state index in [0.717, 1.165) is 0 Å². The number of nitrogens with one attached hydrogen (secondary N) is 2. The third kappa shape index (κ3) is 1.23. The number of hydrogen-bond acceptors (Lipinski definition) is 3. The molecule has 48 valence electrons. The van der Waals surface area contributed by atoms with Crippen LogP contribution in [0.15, 0.2) is 20.7 Å². The first-order chi connectivity index (χ1) is 4.20. The Hall–Kier alpha value is -0.970. The molecule has 0 saturated carbocycles. The van der Waals surface area contributed by atoms with Crippen molar-refractivity contribution >= 4 is 12.6 Å². The molecule has 0 amide bonds. The van der Waals surface area contributed by atoms with Crippen molar-refractivity contribution in [3.8, 4) is 0 Å². The lowest BCUT2D eigenvalue weighted by Crippen LogP contribution is -2.21. The Morgan fingerprint density at radius 1 is 1.44 bits per heavy atom. The quantitative estimate of drug-likeness (QED) is 0.424. The van der Waals surface area contributed by atoms with Gasteiger partial charge in [-0.25, -0.2) is 4.79 Å². The molecule has 1 rings (SSSR count). The van der Waals surface area contributed by atoms with Crippen molar-refractivity contribution in [2.45, 2.75) is 4.90 Å². The first kappa shape index (κ1) is 6.15. The van der Waals surface area contributed by atoms with Crippen LogP contribution in [0, 0.1) is 0 Å². The van der Waals surface area contributed by atoms with E-state index in [4.69, 9.17) is 0 Å². The van der Waals surface area contributed by atoms with Crippen LogP contribution in [0.3, 0.4) is 0 Å². The number of H-pyrrole nitrogens is 2. The molecule has 2 N–H and O–H groups in total. The minimum absolute atomic E-state index is 0.203. The number of thiol groups is 1. The lowest BCUT2D eigenvalue weighted by Gasteiger charge is -1.83. The number of rotatable bonds is 0. The van der Waals surface area contributed by atoms with E-state index in [1.807, 2.05) is 4.98 Å². The molecule has 0 aliphatic heterocycles. The standard InChI is InChI=1S/C4H4N2O2S/c7-3-2(9)1-5-4(8)6-3/h1,9H,(H2,5,6,7,8). The lowest BCUT2D eigenvalue weighted by molar-refractivity contribution is 0.979. The summed E-state index contributed by atoms with van der Waals surface area (Å²) in [6, 6.07) is 0. The van der Waals surface area contributed by atoms with Crippen LogP contribution in [-0.4, -0.2) is 9.97 Å². The summed E-state index contributed by atoms with van der Waals surface area (Å²) in [7, 11) is 0. The Morgan fingerprint density at radius 3 is 2.56 bits per heavy atom. The van der Waals surface area contributed by atoms with Gasteiger partial charge in [0.15, 0.2) is 0 Å². The molecule has 9 heavy (non-hydrogen) atoms. The van der Waals surface area contributed by atoms with Gasteiger partial charge in [-0.1, -0.05) is 0 Å². The third-order valence-corrected chi connectivity index (χ3v) is 1.13. The number of aromatic nitrogens is 2. The van der Waals surface area contributed by atoms with Crippen molar-refractivity contribution in [3.05, 3.63) is 27.0 Å². The molecule has 1 heterocycles. The molecule has 4 nitrogen and oxygen atoms in total. The number of aromatic amines is 2. The molecule has 0 atom stereocenters. The van der Waals surface area contributed by atoms with Gasteiger partial charge in [-0.2, -0.15) is 0 Å². The summed E-state index contributed by atoms with van der Waals surface area (Å²) in [4.78, 5) is 25.2.